The number of nitrogens with zero attached hydrogens (tertiary/aromatic N) is 2. The highest BCUT2D eigenvalue weighted by Gasteiger charge is 2.21. The lowest BCUT2D eigenvalue weighted by Gasteiger charge is -2.26. The number of carbonyl (C=O) groups is 2. The Morgan fingerprint density at radius 3 is 2.48 bits per heavy atom. The van der Waals surface area contributed by atoms with Crippen LogP contribution in [0.25, 0.3) is 16.3 Å². The maximum Gasteiger partial charge on any atom is 0.359 e. The van der Waals surface area contributed by atoms with Crippen molar-refractivity contribution in [1.82, 2.24) is 15.1 Å². The van der Waals surface area contributed by atoms with E-state index in [9.17, 15) is 14.4 Å². The second kappa shape index (κ2) is 8.10. The fourth-order valence-electron chi connectivity index (χ4n) is 3.37. The number of carbonyl (C=O) groups excluding carboxylic acids is 2. The van der Waals surface area contributed by atoms with Gasteiger partial charge in [-0.1, -0.05) is 54.6 Å². The van der Waals surface area contributed by atoms with Crippen molar-refractivity contribution in [3.63, 3.8) is 0 Å². The predicted molar refractivity (Wildman–Crippen MR) is 108 cm³/mol. The molecule has 4 rings (SSSR count). The van der Waals surface area contributed by atoms with Crippen molar-refractivity contribution in [3.8, 4) is 0 Å². The molecule has 29 heavy (non-hydrogen) atoms. The van der Waals surface area contributed by atoms with Gasteiger partial charge < -0.3 is 9.64 Å². The number of hydrogen-bond donors (Lipinski definition) is 1. The zero-order valence-electron chi connectivity index (χ0n) is 15.6. The number of aromatic nitrogens is 2. The SMILES string of the molecule is O=C(OCC(=O)N1CC=C(c2ccccc2)CC1)c1n[nH]c(=O)c2ccccc12. The molecule has 0 bridgehead atoms. The Kier molecular flexibility index (Phi) is 5.20. The van der Waals surface area contributed by atoms with E-state index in [1.807, 2.05) is 36.4 Å². The minimum Gasteiger partial charge on any atom is -0.451 e. The molecule has 0 fully saturated rings. The van der Waals surface area contributed by atoms with Gasteiger partial charge in [-0.2, -0.15) is 5.10 Å². The first kappa shape index (κ1) is 18.6. The van der Waals surface area contributed by atoms with Crippen molar-refractivity contribution in [1.29, 1.82) is 0 Å². The first-order valence-electron chi connectivity index (χ1n) is 9.30. The lowest BCUT2D eigenvalue weighted by Crippen LogP contribution is -2.37. The molecule has 1 amide bonds. The summed E-state index contributed by atoms with van der Waals surface area (Å²) >= 11 is 0. The van der Waals surface area contributed by atoms with Crippen LogP contribution in [-0.2, 0) is 9.53 Å². The third kappa shape index (κ3) is 3.94. The normalized spacial score (nSPS) is 13.8. The van der Waals surface area contributed by atoms with Crippen LogP contribution in [0.4, 0.5) is 0 Å². The van der Waals surface area contributed by atoms with E-state index in [1.165, 1.54) is 5.57 Å². The topological polar surface area (TPSA) is 92.4 Å². The van der Waals surface area contributed by atoms with Gasteiger partial charge in [0, 0.05) is 18.5 Å². The quantitative estimate of drug-likeness (QED) is 0.692. The van der Waals surface area contributed by atoms with Crippen LogP contribution in [0.2, 0.25) is 0 Å². The maximum atomic E-state index is 12.4. The zero-order chi connectivity index (χ0) is 20.2. The molecule has 0 spiro atoms. The van der Waals surface area contributed by atoms with Crippen LogP contribution in [0.15, 0.2) is 65.5 Å². The average Bonchev–Trinajstić information content (AvgIpc) is 2.78. The van der Waals surface area contributed by atoms with Crippen molar-refractivity contribution >= 4 is 28.2 Å². The Hall–Kier alpha value is -3.74. The Morgan fingerprint density at radius 2 is 1.76 bits per heavy atom. The second-order valence-electron chi connectivity index (χ2n) is 6.71. The summed E-state index contributed by atoms with van der Waals surface area (Å²) in [6.07, 6.45) is 2.77. The van der Waals surface area contributed by atoms with E-state index >= 15 is 0 Å². The smallest absolute Gasteiger partial charge is 0.359 e. The van der Waals surface area contributed by atoms with E-state index in [2.05, 4.69) is 10.2 Å². The highest BCUT2D eigenvalue weighted by Crippen LogP contribution is 2.22. The molecule has 146 valence electrons. The monoisotopic (exact) mass is 389 g/mol. The van der Waals surface area contributed by atoms with Gasteiger partial charge in [0.15, 0.2) is 12.3 Å². The lowest BCUT2D eigenvalue weighted by molar-refractivity contribution is -0.134. The van der Waals surface area contributed by atoms with Gasteiger partial charge in [-0.3, -0.25) is 9.59 Å². The summed E-state index contributed by atoms with van der Waals surface area (Å²) in [7, 11) is 0. The van der Waals surface area contributed by atoms with Gasteiger partial charge >= 0.3 is 5.97 Å². The van der Waals surface area contributed by atoms with E-state index in [1.54, 1.807) is 29.2 Å². The number of esters is 1. The summed E-state index contributed by atoms with van der Waals surface area (Å²) in [5.41, 5.74) is 1.96. The van der Waals surface area contributed by atoms with Gasteiger partial charge in [0.25, 0.3) is 11.5 Å². The summed E-state index contributed by atoms with van der Waals surface area (Å²) in [6, 6.07) is 16.7. The fraction of sp³-hybridized carbons (Fsp3) is 0.182. The van der Waals surface area contributed by atoms with Gasteiger partial charge in [-0.25, -0.2) is 9.89 Å². The van der Waals surface area contributed by atoms with Crippen LogP contribution >= 0.6 is 0 Å². The Balaban J connectivity index is 1.39. The van der Waals surface area contributed by atoms with Crippen LogP contribution in [0.5, 0.6) is 0 Å². The molecule has 2 aromatic carbocycles. The van der Waals surface area contributed by atoms with Gasteiger partial charge in [0.05, 0.1) is 5.39 Å². The minimum absolute atomic E-state index is 0.0158. The van der Waals surface area contributed by atoms with Crippen LogP contribution < -0.4 is 5.56 Å². The zero-order valence-corrected chi connectivity index (χ0v) is 15.6. The molecule has 1 aliphatic rings. The molecule has 0 aliphatic carbocycles. The standard InChI is InChI=1S/C22H19N3O4/c26-19(25-12-10-16(11-13-25)15-6-2-1-3-7-15)14-29-22(28)20-17-8-4-5-9-18(17)21(27)24-23-20/h1-10H,11-14H2,(H,24,27). The van der Waals surface area contributed by atoms with Crippen molar-refractivity contribution in [2.45, 2.75) is 6.42 Å². The van der Waals surface area contributed by atoms with Crippen LogP contribution in [0.1, 0.15) is 22.5 Å². The number of nitrogens with one attached hydrogen (secondary N) is 1. The summed E-state index contributed by atoms with van der Waals surface area (Å²) in [6.45, 7) is 0.667. The fourth-order valence-corrected chi connectivity index (χ4v) is 3.37. The first-order valence-corrected chi connectivity index (χ1v) is 9.30. The van der Waals surface area contributed by atoms with Gasteiger partial charge in [0.2, 0.25) is 0 Å². The van der Waals surface area contributed by atoms with Gasteiger partial charge in [0.1, 0.15) is 0 Å². The predicted octanol–water partition coefficient (Wildman–Crippen LogP) is 2.40. The van der Waals surface area contributed by atoms with Gasteiger partial charge in [-0.15, -0.1) is 0 Å². The largest absolute Gasteiger partial charge is 0.451 e. The molecule has 2 heterocycles. The second-order valence-corrected chi connectivity index (χ2v) is 6.71. The number of fused-ring (bicyclic) bond motifs is 1. The Morgan fingerprint density at radius 1 is 1.03 bits per heavy atom. The number of aromatic amines is 1. The summed E-state index contributed by atoms with van der Waals surface area (Å²) in [5.74, 6) is -1.02. The molecule has 1 aromatic heterocycles. The molecule has 1 N–H and O–H groups in total. The summed E-state index contributed by atoms with van der Waals surface area (Å²) in [4.78, 5) is 38.3. The van der Waals surface area contributed by atoms with E-state index in [4.69, 9.17) is 4.74 Å². The molecule has 0 saturated carbocycles. The number of hydrogen-bond acceptors (Lipinski definition) is 5. The molecule has 3 aromatic rings. The van der Waals surface area contributed by atoms with Crippen LogP contribution in [0.3, 0.4) is 0 Å². The average molecular weight is 389 g/mol. The molecule has 0 unspecified atom stereocenters. The van der Waals surface area contributed by atoms with Crippen LogP contribution in [0, 0.1) is 0 Å². The van der Waals surface area contributed by atoms with Crippen molar-refractivity contribution < 1.29 is 14.3 Å². The lowest BCUT2D eigenvalue weighted by atomic mass is 10.00. The number of ether oxygens (including phenoxy) is 1. The molecule has 7 nitrogen and oxygen atoms in total. The summed E-state index contributed by atoms with van der Waals surface area (Å²) < 4.78 is 5.17. The molecule has 0 saturated heterocycles. The molecule has 1 aliphatic heterocycles. The number of benzene rings is 2. The Labute approximate surface area is 166 Å². The van der Waals surface area contributed by atoms with E-state index < -0.39 is 5.97 Å². The first-order chi connectivity index (χ1) is 14.1. The highest BCUT2D eigenvalue weighted by molar-refractivity contribution is 6.02. The van der Waals surface area contributed by atoms with Crippen LogP contribution in [-0.4, -0.2) is 46.7 Å². The van der Waals surface area contributed by atoms with Gasteiger partial charge in [-0.05, 0) is 23.6 Å². The van der Waals surface area contributed by atoms with E-state index in [-0.39, 0.29) is 23.8 Å². The number of rotatable bonds is 4. The van der Waals surface area contributed by atoms with Crippen molar-refractivity contribution in [3.05, 3.63) is 82.3 Å². The van der Waals surface area contributed by atoms with E-state index in [0.29, 0.717) is 23.9 Å². The number of amides is 1. The minimum atomic E-state index is -0.747. The van der Waals surface area contributed by atoms with Crippen molar-refractivity contribution in [2.24, 2.45) is 0 Å². The van der Waals surface area contributed by atoms with E-state index in [0.717, 1.165) is 12.0 Å². The number of H-pyrrole nitrogens is 1. The third-order valence-electron chi connectivity index (χ3n) is 4.92. The third-order valence-corrected chi connectivity index (χ3v) is 4.92. The molecule has 0 atom stereocenters. The molecule has 7 heteroatoms. The molecular weight excluding hydrogens is 370 g/mol. The summed E-state index contributed by atoms with van der Waals surface area (Å²) in [5, 5.41) is 6.81. The molecular formula is C22H19N3O4. The highest BCUT2D eigenvalue weighted by atomic mass is 16.5. The van der Waals surface area contributed by atoms with Crippen molar-refractivity contribution in [2.75, 3.05) is 19.7 Å². The molecule has 0 radical (unpaired) electrons. The maximum absolute atomic E-state index is 12.4. The Bertz CT molecular complexity index is 1150.